The molecule has 4 nitrogen and oxygen atoms in total. The lowest BCUT2D eigenvalue weighted by Gasteiger charge is -2.39. The molecule has 21 heavy (non-hydrogen) atoms. The van der Waals surface area contributed by atoms with Crippen molar-refractivity contribution >= 4 is 30.7 Å². The Morgan fingerprint density at radius 2 is 1.62 bits per heavy atom. The van der Waals surface area contributed by atoms with E-state index in [2.05, 4.69) is 18.7 Å². The molecule has 2 N–H and O–H groups in total. The Labute approximate surface area is 141 Å². The summed E-state index contributed by atoms with van der Waals surface area (Å²) in [5.41, 5.74) is 6.00. The summed E-state index contributed by atoms with van der Waals surface area (Å²) in [6.45, 7) is 8.02. The lowest BCUT2D eigenvalue weighted by molar-refractivity contribution is -0.135. The molecule has 1 amide bonds. The Bertz CT molecular complexity index is 301. The van der Waals surface area contributed by atoms with Crippen molar-refractivity contribution in [2.45, 2.75) is 58.0 Å². The summed E-state index contributed by atoms with van der Waals surface area (Å²) in [6.07, 6.45) is 6.25. The number of carbonyl (C=O) groups excluding carboxylic acids is 1. The van der Waals surface area contributed by atoms with Gasteiger partial charge in [-0.1, -0.05) is 26.7 Å². The molecule has 0 radical (unpaired) electrons. The van der Waals surface area contributed by atoms with Crippen molar-refractivity contribution in [3.05, 3.63) is 0 Å². The van der Waals surface area contributed by atoms with Gasteiger partial charge in [0.15, 0.2) is 0 Å². The summed E-state index contributed by atoms with van der Waals surface area (Å²) in [5, 5.41) is 0. The van der Waals surface area contributed by atoms with Crippen molar-refractivity contribution in [3.8, 4) is 0 Å². The van der Waals surface area contributed by atoms with Gasteiger partial charge in [0, 0.05) is 32.2 Å². The second kappa shape index (κ2) is 9.88. The Morgan fingerprint density at radius 3 is 2.10 bits per heavy atom. The number of carbonyl (C=O) groups is 1. The summed E-state index contributed by atoms with van der Waals surface area (Å²) >= 11 is 0. The molecule has 2 rings (SSSR count). The molecule has 1 aliphatic carbocycles. The van der Waals surface area contributed by atoms with Gasteiger partial charge in [-0.25, -0.2) is 0 Å². The Hall–Kier alpha value is -0.0300. The van der Waals surface area contributed by atoms with Crippen molar-refractivity contribution in [2.24, 2.45) is 11.7 Å². The number of nitrogens with zero attached hydrogens (tertiary/aromatic N) is 2. The van der Waals surface area contributed by atoms with Gasteiger partial charge in [-0.05, 0) is 25.2 Å². The van der Waals surface area contributed by atoms with Crippen LogP contribution in [0.4, 0.5) is 0 Å². The first-order chi connectivity index (χ1) is 9.08. The normalized spacial score (nSPS) is 21.8. The van der Waals surface area contributed by atoms with Crippen LogP contribution in [0.3, 0.4) is 0 Å². The van der Waals surface area contributed by atoms with Gasteiger partial charge in [-0.3, -0.25) is 9.69 Å². The summed E-state index contributed by atoms with van der Waals surface area (Å²) < 4.78 is 0. The average molecular weight is 340 g/mol. The number of hydrogen-bond donors (Lipinski definition) is 1. The van der Waals surface area contributed by atoms with Crippen molar-refractivity contribution in [2.75, 3.05) is 26.2 Å². The number of nitrogens with two attached hydrogens (primary N) is 1. The van der Waals surface area contributed by atoms with E-state index >= 15 is 0 Å². The highest BCUT2D eigenvalue weighted by molar-refractivity contribution is 5.85. The van der Waals surface area contributed by atoms with Crippen LogP contribution in [0.15, 0.2) is 0 Å². The van der Waals surface area contributed by atoms with Crippen LogP contribution in [-0.4, -0.2) is 54.0 Å². The first-order valence-electron chi connectivity index (χ1n) is 7.86. The lowest BCUT2D eigenvalue weighted by atomic mass is 10.0. The van der Waals surface area contributed by atoms with E-state index < -0.39 is 0 Å². The van der Waals surface area contributed by atoms with E-state index in [4.69, 9.17) is 5.73 Å². The van der Waals surface area contributed by atoms with Crippen molar-refractivity contribution < 1.29 is 4.79 Å². The van der Waals surface area contributed by atoms with Gasteiger partial charge >= 0.3 is 0 Å². The van der Waals surface area contributed by atoms with Crippen LogP contribution in [0.5, 0.6) is 0 Å². The Balaban J connectivity index is 0.00000200. The zero-order chi connectivity index (χ0) is 13.8. The molecular formula is C15H31Cl2N3O. The van der Waals surface area contributed by atoms with E-state index in [0.717, 1.165) is 38.6 Å². The van der Waals surface area contributed by atoms with E-state index in [1.165, 1.54) is 25.7 Å². The largest absolute Gasteiger partial charge is 0.339 e. The highest BCUT2D eigenvalue weighted by Crippen LogP contribution is 2.24. The monoisotopic (exact) mass is 339 g/mol. The van der Waals surface area contributed by atoms with Gasteiger partial charge in [0.25, 0.3) is 0 Å². The summed E-state index contributed by atoms with van der Waals surface area (Å²) in [5.74, 6) is 0.637. The summed E-state index contributed by atoms with van der Waals surface area (Å²) in [4.78, 5) is 16.8. The van der Waals surface area contributed by atoms with Crippen LogP contribution in [-0.2, 0) is 4.79 Å². The fourth-order valence-corrected chi connectivity index (χ4v) is 3.42. The third kappa shape index (κ3) is 5.93. The smallest absolute Gasteiger partial charge is 0.239 e. The maximum atomic E-state index is 12.2. The van der Waals surface area contributed by atoms with E-state index in [9.17, 15) is 4.79 Å². The molecular weight excluding hydrogens is 309 g/mol. The highest BCUT2D eigenvalue weighted by Gasteiger charge is 2.29. The van der Waals surface area contributed by atoms with Crippen LogP contribution in [0.2, 0.25) is 0 Å². The maximum Gasteiger partial charge on any atom is 0.239 e. The van der Waals surface area contributed by atoms with Gasteiger partial charge in [0.05, 0.1) is 6.04 Å². The first kappa shape index (κ1) is 21.0. The predicted octanol–water partition coefficient (Wildman–Crippen LogP) is 2.29. The van der Waals surface area contributed by atoms with Crippen LogP contribution >= 0.6 is 24.8 Å². The SMILES string of the molecule is CC(C)C[C@H](N)C(=O)N1CCN(C2CCCC2)CC1.Cl.Cl. The van der Waals surface area contributed by atoms with Gasteiger partial charge in [-0.2, -0.15) is 0 Å². The second-order valence-corrected chi connectivity index (χ2v) is 6.54. The first-order valence-corrected chi connectivity index (χ1v) is 7.86. The topological polar surface area (TPSA) is 49.6 Å². The zero-order valence-electron chi connectivity index (χ0n) is 13.3. The standard InChI is InChI=1S/C15H29N3O.2ClH/c1-12(2)11-14(16)15(19)18-9-7-17(8-10-18)13-5-3-4-6-13;;/h12-14H,3-11,16H2,1-2H3;2*1H/t14-;;/m0../s1. The highest BCUT2D eigenvalue weighted by atomic mass is 35.5. The number of piperazine rings is 1. The number of hydrogen-bond acceptors (Lipinski definition) is 3. The Kier molecular flexibility index (Phi) is 9.87. The molecule has 2 aliphatic rings. The van der Waals surface area contributed by atoms with Crippen molar-refractivity contribution in [1.82, 2.24) is 9.80 Å². The second-order valence-electron chi connectivity index (χ2n) is 6.54. The van der Waals surface area contributed by atoms with Gasteiger partial charge < -0.3 is 10.6 Å². The molecule has 1 aliphatic heterocycles. The fourth-order valence-electron chi connectivity index (χ4n) is 3.42. The minimum Gasteiger partial charge on any atom is -0.339 e. The van der Waals surface area contributed by atoms with E-state index in [1.807, 2.05) is 4.90 Å². The van der Waals surface area contributed by atoms with E-state index in [1.54, 1.807) is 0 Å². The molecule has 1 atom stereocenters. The lowest BCUT2D eigenvalue weighted by Crippen LogP contribution is -2.55. The molecule has 0 aromatic carbocycles. The third-order valence-electron chi connectivity index (χ3n) is 4.51. The van der Waals surface area contributed by atoms with Crippen LogP contribution < -0.4 is 5.73 Å². The summed E-state index contributed by atoms with van der Waals surface area (Å²) in [6, 6.07) is 0.472. The van der Waals surface area contributed by atoms with Crippen molar-refractivity contribution in [1.29, 1.82) is 0 Å². The minimum absolute atomic E-state index is 0. The number of halogens is 2. The maximum absolute atomic E-state index is 12.2. The molecule has 6 heteroatoms. The third-order valence-corrected chi connectivity index (χ3v) is 4.51. The average Bonchev–Trinajstić information content (AvgIpc) is 2.91. The fraction of sp³-hybridized carbons (Fsp3) is 0.933. The molecule has 0 aromatic heterocycles. The molecule has 0 unspecified atom stereocenters. The van der Waals surface area contributed by atoms with Crippen LogP contribution in [0.1, 0.15) is 46.0 Å². The van der Waals surface area contributed by atoms with Gasteiger partial charge in [-0.15, -0.1) is 24.8 Å². The van der Waals surface area contributed by atoms with Crippen molar-refractivity contribution in [3.63, 3.8) is 0 Å². The number of amides is 1. The van der Waals surface area contributed by atoms with Crippen LogP contribution in [0, 0.1) is 5.92 Å². The quantitative estimate of drug-likeness (QED) is 0.854. The van der Waals surface area contributed by atoms with Gasteiger partial charge in [0.2, 0.25) is 5.91 Å². The molecule has 0 aromatic rings. The minimum atomic E-state index is -0.307. The summed E-state index contributed by atoms with van der Waals surface area (Å²) in [7, 11) is 0. The van der Waals surface area contributed by atoms with Crippen LogP contribution in [0.25, 0.3) is 0 Å². The molecule has 1 saturated carbocycles. The predicted molar refractivity (Wildman–Crippen MR) is 92.3 cm³/mol. The zero-order valence-corrected chi connectivity index (χ0v) is 14.9. The Morgan fingerprint density at radius 1 is 1.10 bits per heavy atom. The molecule has 1 heterocycles. The molecule has 0 spiro atoms. The van der Waals surface area contributed by atoms with E-state index in [-0.39, 0.29) is 36.8 Å². The van der Waals surface area contributed by atoms with Gasteiger partial charge in [0.1, 0.15) is 0 Å². The molecule has 2 fully saturated rings. The molecule has 1 saturated heterocycles. The molecule has 126 valence electrons. The van der Waals surface area contributed by atoms with E-state index in [0.29, 0.717) is 5.92 Å². The molecule has 0 bridgehead atoms. The number of rotatable bonds is 4.